The Labute approximate surface area is 167 Å². The maximum absolute atomic E-state index is 12.2. The van der Waals surface area contributed by atoms with E-state index < -0.39 is 11.8 Å². The lowest BCUT2D eigenvalue weighted by atomic mass is 10.2. The van der Waals surface area contributed by atoms with Gasteiger partial charge in [0.25, 0.3) is 0 Å². The summed E-state index contributed by atoms with van der Waals surface area (Å²) in [5.41, 5.74) is 0.351. The summed E-state index contributed by atoms with van der Waals surface area (Å²) in [7, 11) is 1.54. The first-order chi connectivity index (χ1) is 13.1. The summed E-state index contributed by atoms with van der Waals surface area (Å²) in [5.74, 6) is -0.258. The van der Waals surface area contributed by atoms with Crippen LogP contribution in [0.3, 0.4) is 0 Å². The molecule has 2 amide bonds. The number of ether oxygens (including phenoxy) is 2. The smallest absolute Gasteiger partial charge is 0.315 e. The molecule has 2 N–H and O–H groups in total. The Morgan fingerprint density at radius 2 is 1.59 bits per heavy atom. The Morgan fingerprint density at radius 1 is 0.963 bits per heavy atom. The predicted molar refractivity (Wildman–Crippen MR) is 107 cm³/mol. The molecule has 1 heterocycles. The predicted octanol–water partition coefficient (Wildman–Crippen LogP) is 4.28. The van der Waals surface area contributed by atoms with Crippen molar-refractivity contribution in [3.05, 3.63) is 58.5 Å². The van der Waals surface area contributed by atoms with Crippen LogP contribution < -0.4 is 20.1 Å². The van der Waals surface area contributed by atoms with Crippen LogP contribution in [0.2, 0.25) is 0 Å². The molecule has 3 rings (SSSR count). The van der Waals surface area contributed by atoms with Gasteiger partial charge in [-0.25, -0.2) is 4.98 Å². The number of amides is 2. The Morgan fingerprint density at radius 3 is 2.26 bits per heavy atom. The van der Waals surface area contributed by atoms with E-state index >= 15 is 0 Å². The molecule has 0 unspecified atom stereocenters. The van der Waals surface area contributed by atoms with Gasteiger partial charge in [-0.3, -0.25) is 14.9 Å². The minimum absolute atomic E-state index is 0.320. The third-order valence-corrected chi connectivity index (χ3v) is 4.72. The lowest BCUT2D eigenvalue weighted by molar-refractivity contribution is -0.133. The number of nitrogens with one attached hydrogen (secondary N) is 2. The third kappa shape index (κ3) is 4.83. The van der Waals surface area contributed by atoms with Crippen LogP contribution in [0.4, 0.5) is 10.8 Å². The van der Waals surface area contributed by atoms with Crippen LogP contribution in [0.1, 0.15) is 0 Å². The van der Waals surface area contributed by atoms with Crippen molar-refractivity contribution in [1.82, 2.24) is 4.98 Å². The molecule has 0 fully saturated rings. The fraction of sp³-hybridized carbons (Fsp3) is 0.0556. The van der Waals surface area contributed by atoms with E-state index in [1.54, 1.807) is 42.5 Å². The molecule has 0 bridgehead atoms. The quantitative estimate of drug-likeness (QED) is 0.569. The van der Waals surface area contributed by atoms with Crippen molar-refractivity contribution in [2.45, 2.75) is 0 Å². The van der Waals surface area contributed by atoms with Gasteiger partial charge in [0.1, 0.15) is 0 Å². The van der Waals surface area contributed by atoms with Gasteiger partial charge in [0, 0.05) is 0 Å². The number of rotatable bonds is 5. The van der Waals surface area contributed by atoms with Crippen molar-refractivity contribution in [2.24, 2.45) is 0 Å². The van der Waals surface area contributed by atoms with Gasteiger partial charge in [0.05, 0.1) is 22.8 Å². The molecule has 9 heteroatoms. The zero-order valence-electron chi connectivity index (χ0n) is 14.1. The van der Waals surface area contributed by atoms with Gasteiger partial charge in [-0.2, -0.15) is 0 Å². The zero-order valence-corrected chi connectivity index (χ0v) is 16.5. The van der Waals surface area contributed by atoms with Gasteiger partial charge in [-0.15, -0.1) is 0 Å². The van der Waals surface area contributed by atoms with Gasteiger partial charge in [0.15, 0.2) is 22.4 Å². The van der Waals surface area contributed by atoms with Crippen molar-refractivity contribution >= 4 is 49.9 Å². The topological polar surface area (TPSA) is 89.5 Å². The van der Waals surface area contributed by atoms with Crippen molar-refractivity contribution in [3.8, 4) is 17.2 Å². The highest BCUT2D eigenvalue weighted by Crippen LogP contribution is 2.34. The second kappa shape index (κ2) is 8.65. The minimum Gasteiger partial charge on any atom is -0.493 e. The number of anilines is 2. The molecule has 1 aromatic heterocycles. The van der Waals surface area contributed by atoms with E-state index in [1.807, 2.05) is 6.07 Å². The highest BCUT2D eigenvalue weighted by Gasteiger charge is 2.18. The molecule has 27 heavy (non-hydrogen) atoms. The lowest BCUT2D eigenvalue weighted by Gasteiger charge is -2.13. The molecule has 138 valence electrons. The minimum atomic E-state index is -0.836. The second-order valence-corrected chi connectivity index (χ2v) is 7.54. The van der Waals surface area contributed by atoms with Crippen molar-refractivity contribution in [1.29, 1.82) is 0 Å². The Hall–Kier alpha value is -2.91. The fourth-order valence-electron chi connectivity index (χ4n) is 2.13. The number of hydrogen-bond donors (Lipinski definition) is 2. The number of thiazole rings is 1. The van der Waals surface area contributed by atoms with Gasteiger partial charge in [-0.05, 0) is 40.2 Å². The Balaban J connectivity index is 1.73. The van der Waals surface area contributed by atoms with Gasteiger partial charge in [0.2, 0.25) is 0 Å². The van der Waals surface area contributed by atoms with E-state index in [1.165, 1.54) is 24.6 Å². The van der Waals surface area contributed by atoms with Gasteiger partial charge >= 0.3 is 11.8 Å². The molecule has 2 aromatic carbocycles. The van der Waals surface area contributed by atoms with Crippen molar-refractivity contribution in [2.75, 3.05) is 17.7 Å². The van der Waals surface area contributed by atoms with Crippen LogP contribution in [-0.2, 0) is 9.59 Å². The number of carbonyl (C=O) groups is 2. The molecular weight excluding hydrogens is 434 g/mol. The van der Waals surface area contributed by atoms with E-state index in [9.17, 15) is 9.59 Å². The molecule has 0 spiro atoms. The first-order valence-electron chi connectivity index (χ1n) is 7.70. The van der Waals surface area contributed by atoms with Gasteiger partial charge in [-0.1, -0.05) is 35.6 Å². The standard InChI is InChI=1S/C18H14BrN3O4S/c1-25-13-8-4-5-9-14(13)26-12-7-3-2-6-11(12)21-16(23)17(24)22-18-20-10-15(19)27-18/h2-10H,1H3,(H,21,23)(H,20,22,24). The Bertz CT molecular complexity index is 977. The summed E-state index contributed by atoms with van der Waals surface area (Å²) in [6, 6.07) is 13.9. The number of hydrogen-bond acceptors (Lipinski definition) is 6. The average Bonchev–Trinajstić information content (AvgIpc) is 3.08. The molecule has 0 radical (unpaired) electrons. The molecule has 0 saturated carbocycles. The number of methoxy groups -OCH3 is 1. The van der Waals surface area contributed by atoms with E-state index in [2.05, 4.69) is 31.5 Å². The highest BCUT2D eigenvalue weighted by atomic mass is 79.9. The number of nitrogens with zero attached hydrogens (tertiary/aromatic N) is 1. The monoisotopic (exact) mass is 447 g/mol. The van der Waals surface area contributed by atoms with Gasteiger partial charge < -0.3 is 14.8 Å². The maximum Gasteiger partial charge on any atom is 0.315 e. The van der Waals surface area contributed by atoms with Crippen molar-refractivity contribution in [3.63, 3.8) is 0 Å². The summed E-state index contributed by atoms with van der Waals surface area (Å²) in [4.78, 5) is 28.2. The number of aromatic nitrogens is 1. The van der Waals surface area contributed by atoms with E-state index in [0.29, 0.717) is 28.1 Å². The normalized spacial score (nSPS) is 10.1. The number of benzene rings is 2. The van der Waals surface area contributed by atoms with Crippen LogP contribution in [0.15, 0.2) is 58.5 Å². The van der Waals surface area contributed by atoms with E-state index in [-0.39, 0.29) is 0 Å². The van der Waals surface area contributed by atoms with Crippen molar-refractivity contribution < 1.29 is 19.1 Å². The maximum atomic E-state index is 12.2. The molecule has 3 aromatic rings. The van der Waals surface area contributed by atoms with Crippen LogP contribution in [0.25, 0.3) is 0 Å². The van der Waals surface area contributed by atoms with Crippen LogP contribution in [0, 0.1) is 0 Å². The van der Waals surface area contributed by atoms with Crippen LogP contribution in [0.5, 0.6) is 17.2 Å². The fourth-order valence-corrected chi connectivity index (χ4v) is 3.23. The molecular formula is C18H14BrN3O4S. The zero-order chi connectivity index (χ0) is 19.2. The first kappa shape index (κ1) is 18.9. The molecule has 0 aliphatic carbocycles. The lowest BCUT2D eigenvalue weighted by Crippen LogP contribution is -2.29. The summed E-state index contributed by atoms with van der Waals surface area (Å²) < 4.78 is 11.8. The first-order valence-corrected chi connectivity index (χ1v) is 9.31. The second-order valence-electron chi connectivity index (χ2n) is 5.13. The highest BCUT2D eigenvalue weighted by molar-refractivity contribution is 9.11. The molecule has 0 atom stereocenters. The number of carbonyl (C=O) groups excluding carboxylic acids is 2. The molecule has 0 saturated heterocycles. The molecule has 7 nitrogen and oxygen atoms in total. The van der Waals surface area contributed by atoms with E-state index in [0.717, 1.165) is 3.79 Å². The van der Waals surface area contributed by atoms with Crippen LogP contribution >= 0.6 is 27.3 Å². The van der Waals surface area contributed by atoms with Crippen LogP contribution in [-0.4, -0.2) is 23.9 Å². The number of halogens is 1. The number of para-hydroxylation sites is 4. The SMILES string of the molecule is COc1ccccc1Oc1ccccc1NC(=O)C(=O)Nc1ncc(Br)s1. The summed E-state index contributed by atoms with van der Waals surface area (Å²) in [6.07, 6.45) is 1.54. The Kier molecular flexibility index (Phi) is 6.05. The summed E-state index contributed by atoms with van der Waals surface area (Å²) in [5, 5.41) is 5.30. The molecule has 0 aliphatic heterocycles. The average molecular weight is 448 g/mol. The van der Waals surface area contributed by atoms with E-state index in [4.69, 9.17) is 9.47 Å². The third-order valence-electron chi connectivity index (χ3n) is 3.33. The largest absolute Gasteiger partial charge is 0.493 e. The summed E-state index contributed by atoms with van der Waals surface area (Å²) in [6.45, 7) is 0. The molecule has 0 aliphatic rings. The summed E-state index contributed by atoms with van der Waals surface area (Å²) >= 11 is 4.45.